The van der Waals surface area contributed by atoms with Crippen molar-refractivity contribution in [1.82, 2.24) is 9.21 Å². The molecule has 0 saturated carbocycles. The summed E-state index contributed by atoms with van der Waals surface area (Å²) in [6.07, 6.45) is 0. The Kier molecular flexibility index (Phi) is 11.2. The Morgan fingerprint density at radius 2 is 1.61 bits per heavy atom. The molecule has 0 amide bonds. The summed E-state index contributed by atoms with van der Waals surface area (Å²) in [6.45, 7) is 7.99. The van der Waals surface area contributed by atoms with Crippen molar-refractivity contribution >= 4 is 16.0 Å². The second-order valence-corrected chi connectivity index (χ2v) is 9.47. The van der Waals surface area contributed by atoms with E-state index in [1.54, 1.807) is 30.3 Å². The van der Waals surface area contributed by atoms with Crippen molar-refractivity contribution in [1.29, 1.82) is 0 Å². The van der Waals surface area contributed by atoms with Crippen LogP contribution >= 0.6 is 0 Å². The van der Waals surface area contributed by atoms with Crippen molar-refractivity contribution in [2.75, 3.05) is 26.2 Å². The van der Waals surface area contributed by atoms with E-state index in [4.69, 9.17) is 9.90 Å². The van der Waals surface area contributed by atoms with E-state index in [1.807, 2.05) is 18.2 Å². The molecule has 0 bridgehead atoms. The summed E-state index contributed by atoms with van der Waals surface area (Å²) < 4.78 is 26.9. The third kappa shape index (κ3) is 8.21. The van der Waals surface area contributed by atoms with Gasteiger partial charge in [0.1, 0.15) is 0 Å². The predicted molar refractivity (Wildman–Crippen MR) is 114 cm³/mol. The first-order valence-corrected chi connectivity index (χ1v) is 11.3. The zero-order valence-corrected chi connectivity index (χ0v) is 21.4. The van der Waals surface area contributed by atoms with Gasteiger partial charge in [-0.2, -0.15) is 4.31 Å². The molecule has 0 aliphatic carbocycles. The number of aliphatic carboxylic acids is 1. The smallest absolute Gasteiger partial charge is 0.872 e. The molecule has 0 radical (unpaired) electrons. The van der Waals surface area contributed by atoms with Gasteiger partial charge in [-0.25, -0.2) is 8.42 Å². The van der Waals surface area contributed by atoms with E-state index >= 15 is 0 Å². The number of hydrogen-bond donors (Lipinski definition) is 1. The molecule has 0 atom stereocenters. The van der Waals surface area contributed by atoms with Crippen LogP contribution in [0.2, 0.25) is 0 Å². The van der Waals surface area contributed by atoms with E-state index in [0.717, 1.165) is 18.1 Å². The predicted octanol–water partition coefficient (Wildman–Crippen LogP) is -0.515. The number of carboxylic acid groups (broad SMARTS) is 1. The number of sulfonamides is 1. The maximum atomic E-state index is 12.7. The van der Waals surface area contributed by atoms with Gasteiger partial charge in [0.25, 0.3) is 5.97 Å². The molecular formula is C22H29N2NaO5S. The Hall–Kier alpha value is -1.42. The third-order valence-electron chi connectivity index (χ3n) is 4.86. The van der Waals surface area contributed by atoms with Crippen molar-refractivity contribution in [2.45, 2.75) is 38.1 Å². The molecule has 1 saturated heterocycles. The van der Waals surface area contributed by atoms with Gasteiger partial charge in [-0.1, -0.05) is 50.2 Å². The summed E-state index contributed by atoms with van der Waals surface area (Å²) in [7, 11) is -3.44. The largest absolute Gasteiger partial charge is 1.00 e. The molecule has 0 aromatic heterocycles. The van der Waals surface area contributed by atoms with Gasteiger partial charge in [0.15, 0.2) is 0 Å². The van der Waals surface area contributed by atoms with Crippen molar-refractivity contribution < 1.29 is 53.0 Å². The van der Waals surface area contributed by atoms with Crippen molar-refractivity contribution in [2.24, 2.45) is 0 Å². The molecule has 31 heavy (non-hydrogen) atoms. The summed E-state index contributed by atoms with van der Waals surface area (Å²) in [5, 5.41) is 19.6. The minimum absolute atomic E-state index is 0. The van der Waals surface area contributed by atoms with Crippen molar-refractivity contribution in [3.8, 4) is 5.75 Å². The summed E-state index contributed by atoms with van der Waals surface area (Å²) in [5.74, 6) is -0.407. The number of nitrogens with zero attached hydrogens (tertiary/aromatic N) is 2. The summed E-state index contributed by atoms with van der Waals surface area (Å²) in [5.41, 5.74) is 1.94. The van der Waals surface area contributed by atoms with Gasteiger partial charge in [0, 0.05) is 39.6 Å². The SMILES string of the molecule is CC(=O)O.CC(C)c1ccc([O-])c(CN2CCN(S(=O)(=O)c3ccccc3)CC2)c1.[Na+]. The van der Waals surface area contributed by atoms with Crippen LogP contribution in [0, 0.1) is 0 Å². The van der Waals surface area contributed by atoms with Crippen LogP contribution in [0.4, 0.5) is 0 Å². The molecule has 164 valence electrons. The number of carboxylic acids is 1. The van der Waals surface area contributed by atoms with Crippen LogP contribution in [0.3, 0.4) is 0 Å². The zero-order valence-electron chi connectivity index (χ0n) is 18.6. The van der Waals surface area contributed by atoms with Gasteiger partial charge in [0.05, 0.1) is 4.90 Å². The van der Waals surface area contributed by atoms with Crippen LogP contribution in [0.1, 0.15) is 37.8 Å². The first-order chi connectivity index (χ1) is 14.1. The number of benzene rings is 2. The van der Waals surface area contributed by atoms with Gasteiger partial charge in [-0.15, -0.1) is 5.75 Å². The number of rotatable bonds is 5. The minimum atomic E-state index is -3.44. The number of piperazine rings is 1. The van der Waals surface area contributed by atoms with Gasteiger partial charge >= 0.3 is 29.6 Å². The van der Waals surface area contributed by atoms with Gasteiger partial charge < -0.3 is 10.2 Å². The van der Waals surface area contributed by atoms with Crippen molar-refractivity contribution in [3.05, 3.63) is 59.7 Å². The van der Waals surface area contributed by atoms with Crippen LogP contribution < -0.4 is 34.7 Å². The topological polar surface area (TPSA) is 101 Å². The van der Waals surface area contributed by atoms with E-state index in [9.17, 15) is 13.5 Å². The van der Waals surface area contributed by atoms with E-state index in [1.165, 1.54) is 4.31 Å². The van der Waals surface area contributed by atoms with Gasteiger partial charge in [-0.05, 0) is 29.2 Å². The maximum absolute atomic E-state index is 12.7. The van der Waals surface area contributed by atoms with Gasteiger partial charge in [0.2, 0.25) is 10.0 Å². The monoisotopic (exact) mass is 456 g/mol. The summed E-state index contributed by atoms with van der Waals surface area (Å²) in [4.78, 5) is 11.5. The molecule has 0 spiro atoms. The second-order valence-electron chi connectivity index (χ2n) is 7.53. The molecule has 2 aromatic rings. The van der Waals surface area contributed by atoms with Crippen LogP contribution in [0.5, 0.6) is 5.75 Å². The normalized spacial score (nSPS) is 15.0. The molecule has 3 rings (SSSR count). The molecule has 1 aliphatic rings. The molecule has 1 fully saturated rings. The van der Waals surface area contributed by atoms with Crippen molar-refractivity contribution in [3.63, 3.8) is 0 Å². The fourth-order valence-corrected chi connectivity index (χ4v) is 4.64. The second kappa shape index (κ2) is 12.6. The molecule has 0 unspecified atom stereocenters. The van der Waals surface area contributed by atoms with Gasteiger partial charge in [-0.3, -0.25) is 9.69 Å². The first-order valence-electron chi connectivity index (χ1n) is 9.88. The Balaban J connectivity index is 0.000000885. The van der Waals surface area contributed by atoms with E-state index < -0.39 is 16.0 Å². The number of carbonyl (C=O) groups is 1. The fourth-order valence-electron chi connectivity index (χ4n) is 3.19. The quantitative estimate of drug-likeness (QED) is 0.608. The van der Waals surface area contributed by atoms with Crippen LogP contribution in [0.25, 0.3) is 0 Å². The Morgan fingerprint density at radius 1 is 1.06 bits per heavy atom. The molecule has 7 nitrogen and oxygen atoms in total. The van der Waals surface area contributed by atoms with Crippen LogP contribution in [-0.2, 0) is 21.4 Å². The molecule has 1 aliphatic heterocycles. The average molecular weight is 457 g/mol. The molecule has 2 aromatic carbocycles. The third-order valence-corrected chi connectivity index (χ3v) is 6.77. The van der Waals surface area contributed by atoms with E-state index in [-0.39, 0.29) is 35.3 Å². The Labute approximate surface area is 207 Å². The van der Waals surface area contributed by atoms with E-state index in [0.29, 0.717) is 43.5 Å². The molecule has 9 heteroatoms. The fraction of sp³-hybridized carbons (Fsp3) is 0.409. The summed E-state index contributed by atoms with van der Waals surface area (Å²) >= 11 is 0. The first kappa shape index (κ1) is 27.6. The summed E-state index contributed by atoms with van der Waals surface area (Å²) in [6, 6.07) is 14.1. The van der Waals surface area contributed by atoms with Crippen LogP contribution in [0.15, 0.2) is 53.4 Å². The molecule has 1 N–H and O–H groups in total. The maximum Gasteiger partial charge on any atom is 1.00 e. The Morgan fingerprint density at radius 3 is 2.13 bits per heavy atom. The molecular weight excluding hydrogens is 427 g/mol. The molecule has 1 heterocycles. The minimum Gasteiger partial charge on any atom is -0.872 e. The zero-order chi connectivity index (χ0) is 22.3. The van der Waals surface area contributed by atoms with E-state index in [2.05, 4.69) is 18.7 Å². The van der Waals surface area contributed by atoms with Crippen LogP contribution in [-0.4, -0.2) is 54.9 Å². The standard InChI is InChI=1S/C20H26N2O3S.C2H4O2.Na/c1-16(2)17-8-9-20(23)18(14-17)15-21-10-12-22(13-11-21)26(24,25)19-6-4-3-5-7-19;1-2(3)4;/h3-9,14,16,23H,10-13,15H2,1-2H3;1H3,(H,3,4);/q;;+1/p-1. The number of hydrogen-bond acceptors (Lipinski definition) is 5. The average Bonchev–Trinajstić information content (AvgIpc) is 2.70. The Bertz CT molecular complexity index is 940.